The van der Waals surface area contributed by atoms with Crippen LogP contribution >= 0.6 is 34.8 Å². The Morgan fingerprint density at radius 2 is 1.83 bits per heavy atom. The fourth-order valence-corrected chi connectivity index (χ4v) is 4.26. The van der Waals surface area contributed by atoms with Crippen LogP contribution in [0.1, 0.15) is 47.6 Å². The molecule has 0 radical (unpaired) electrons. The molecule has 0 spiro atoms. The van der Waals surface area contributed by atoms with E-state index in [-0.39, 0.29) is 26.7 Å². The average molecular weight is 478 g/mol. The number of aryl methyl sites for hydroxylation is 1. The summed E-state index contributed by atoms with van der Waals surface area (Å²) in [5.74, 6) is -1.84. The number of nitrogens with one attached hydrogen (secondary N) is 2. The van der Waals surface area contributed by atoms with Crippen molar-refractivity contribution in [2.75, 3.05) is 13.2 Å². The lowest BCUT2D eigenvalue weighted by Crippen LogP contribution is -2.31. The van der Waals surface area contributed by atoms with Crippen molar-refractivity contribution in [3.05, 3.63) is 73.7 Å². The summed E-state index contributed by atoms with van der Waals surface area (Å²) in [6, 6.07) is 8.47. The van der Waals surface area contributed by atoms with Crippen LogP contribution in [0.2, 0.25) is 15.1 Å². The highest BCUT2D eigenvalue weighted by Gasteiger charge is 2.39. The molecule has 0 fully saturated rings. The maximum atomic E-state index is 13.7. The zero-order valence-corrected chi connectivity index (χ0v) is 18.6. The second-order valence-corrected chi connectivity index (χ2v) is 8.40. The quantitative estimate of drug-likeness (QED) is 0.251. The Balaban J connectivity index is 1.82. The third kappa shape index (κ3) is 5.51. The minimum Gasteiger partial charge on any atom is -0.305 e. The molecule has 1 aliphatic carbocycles. The van der Waals surface area contributed by atoms with Crippen LogP contribution in [0.4, 0.5) is 13.2 Å². The van der Waals surface area contributed by atoms with Crippen LogP contribution in [0.25, 0.3) is 6.08 Å². The van der Waals surface area contributed by atoms with Crippen LogP contribution < -0.4 is 10.6 Å². The van der Waals surface area contributed by atoms with Crippen LogP contribution in [0.3, 0.4) is 0 Å². The molecule has 2 unspecified atom stereocenters. The maximum Gasteiger partial charge on any atom is 0.399 e. The number of benzene rings is 2. The third-order valence-electron chi connectivity index (χ3n) is 5.17. The molecule has 1 aliphatic rings. The lowest BCUT2D eigenvalue weighted by atomic mass is 9.96. The van der Waals surface area contributed by atoms with Gasteiger partial charge in [0.2, 0.25) is 0 Å². The van der Waals surface area contributed by atoms with Gasteiger partial charge in [-0.2, -0.15) is 13.2 Å². The largest absolute Gasteiger partial charge is 0.399 e. The Morgan fingerprint density at radius 1 is 1.13 bits per heavy atom. The second-order valence-electron chi connectivity index (χ2n) is 7.21. The van der Waals surface area contributed by atoms with Gasteiger partial charge in [0.1, 0.15) is 0 Å². The first-order valence-corrected chi connectivity index (χ1v) is 10.8. The van der Waals surface area contributed by atoms with E-state index in [0.29, 0.717) is 0 Å². The molecule has 2 aromatic rings. The number of fused-ring (bicyclic) bond motifs is 1. The first-order valence-electron chi connectivity index (χ1n) is 9.67. The van der Waals surface area contributed by atoms with Crippen LogP contribution in [-0.2, 0) is 6.42 Å². The van der Waals surface area contributed by atoms with Crippen LogP contribution in [0.5, 0.6) is 0 Å². The van der Waals surface area contributed by atoms with Gasteiger partial charge in [0.05, 0.1) is 21.0 Å². The summed E-state index contributed by atoms with van der Waals surface area (Å²) in [5, 5.41) is 6.72. The molecule has 162 valence electrons. The molecule has 2 N–H and O–H groups in total. The lowest BCUT2D eigenvalue weighted by molar-refractivity contribution is -0.139. The van der Waals surface area contributed by atoms with Crippen molar-refractivity contribution in [2.24, 2.45) is 0 Å². The molecule has 2 aromatic carbocycles. The van der Waals surface area contributed by atoms with Gasteiger partial charge in [-0.15, -0.1) is 0 Å². The predicted octanol–water partition coefficient (Wildman–Crippen LogP) is 7.15. The molecular formula is C22H22Cl3F3N2. The summed E-state index contributed by atoms with van der Waals surface area (Å²) >= 11 is 17.7. The number of hydrogen-bond acceptors (Lipinski definition) is 2. The second kappa shape index (κ2) is 9.92. The predicted molar refractivity (Wildman–Crippen MR) is 118 cm³/mol. The summed E-state index contributed by atoms with van der Waals surface area (Å²) in [5.41, 5.74) is 3.04. The summed E-state index contributed by atoms with van der Waals surface area (Å²) in [6.45, 7) is 3.66. The molecule has 0 aromatic heterocycles. The number of alkyl halides is 3. The highest BCUT2D eigenvalue weighted by Crippen LogP contribution is 2.41. The van der Waals surface area contributed by atoms with E-state index in [2.05, 4.69) is 10.6 Å². The van der Waals surface area contributed by atoms with Crippen LogP contribution in [0, 0.1) is 0 Å². The molecule has 8 heteroatoms. The van der Waals surface area contributed by atoms with Crippen LogP contribution in [0.15, 0.2) is 36.4 Å². The monoisotopic (exact) mass is 476 g/mol. The highest BCUT2D eigenvalue weighted by molar-refractivity contribution is 6.48. The maximum absolute atomic E-state index is 13.7. The summed E-state index contributed by atoms with van der Waals surface area (Å²) < 4.78 is 41.1. The van der Waals surface area contributed by atoms with Crippen molar-refractivity contribution in [3.8, 4) is 0 Å². The molecule has 0 amide bonds. The topological polar surface area (TPSA) is 24.1 Å². The Morgan fingerprint density at radius 3 is 2.47 bits per heavy atom. The Kier molecular flexibility index (Phi) is 7.75. The fourth-order valence-electron chi connectivity index (χ4n) is 3.64. The zero-order chi connectivity index (χ0) is 21.9. The number of hydrogen-bond donors (Lipinski definition) is 2. The number of rotatable bonds is 7. The minimum absolute atomic E-state index is 0.00421. The van der Waals surface area contributed by atoms with Gasteiger partial charge in [-0.05, 0) is 53.8 Å². The summed E-state index contributed by atoms with van der Waals surface area (Å²) in [6.07, 6.45) is 0.00345. The van der Waals surface area contributed by atoms with E-state index in [4.69, 9.17) is 34.8 Å². The number of allylic oxidation sites excluding steroid dienone is 1. The molecule has 0 heterocycles. The van der Waals surface area contributed by atoms with E-state index in [1.165, 1.54) is 23.8 Å². The first kappa shape index (κ1) is 23.4. The summed E-state index contributed by atoms with van der Waals surface area (Å²) in [7, 11) is 0. The van der Waals surface area contributed by atoms with E-state index in [9.17, 15) is 13.2 Å². The molecule has 0 bridgehead atoms. The molecule has 0 aliphatic heterocycles. The Labute approximate surface area is 189 Å². The van der Waals surface area contributed by atoms with Crippen molar-refractivity contribution < 1.29 is 13.2 Å². The van der Waals surface area contributed by atoms with Gasteiger partial charge in [-0.25, -0.2) is 0 Å². The fraction of sp³-hybridized carbons (Fsp3) is 0.364. The summed E-state index contributed by atoms with van der Waals surface area (Å²) in [4.78, 5) is 0. The van der Waals surface area contributed by atoms with Gasteiger partial charge in [-0.1, -0.05) is 72.1 Å². The van der Waals surface area contributed by atoms with Gasteiger partial charge in [0.15, 0.2) is 0 Å². The van der Waals surface area contributed by atoms with Crippen molar-refractivity contribution in [1.82, 2.24) is 10.6 Å². The first-order chi connectivity index (χ1) is 14.2. The SMILES string of the molecule is CCNCNC1CCc2cc(C=CC(c3cc(Cl)c(Cl)c(Cl)c3)C(F)(F)F)ccc21. The van der Waals surface area contributed by atoms with Gasteiger partial charge in [0, 0.05) is 12.7 Å². The molecule has 2 nitrogen and oxygen atoms in total. The molecular weight excluding hydrogens is 456 g/mol. The Hall–Kier alpha value is -1.24. The molecule has 3 rings (SSSR count). The van der Waals surface area contributed by atoms with E-state index in [1.54, 1.807) is 0 Å². The smallest absolute Gasteiger partial charge is 0.305 e. The minimum atomic E-state index is -4.49. The van der Waals surface area contributed by atoms with Gasteiger partial charge in [0.25, 0.3) is 0 Å². The zero-order valence-electron chi connectivity index (χ0n) is 16.3. The van der Waals surface area contributed by atoms with E-state index < -0.39 is 12.1 Å². The van der Waals surface area contributed by atoms with E-state index in [0.717, 1.165) is 43.3 Å². The molecule has 30 heavy (non-hydrogen) atoms. The number of halogens is 6. The van der Waals surface area contributed by atoms with E-state index in [1.807, 2.05) is 25.1 Å². The van der Waals surface area contributed by atoms with Crippen molar-refractivity contribution in [1.29, 1.82) is 0 Å². The van der Waals surface area contributed by atoms with E-state index >= 15 is 0 Å². The lowest BCUT2D eigenvalue weighted by Gasteiger charge is -2.18. The van der Waals surface area contributed by atoms with Gasteiger partial charge < -0.3 is 5.32 Å². The van der Waals surface area contributed by atoms with Gasteiger partial charge >= 0.3 is 6.18 Å². The van der Waals surface area contributed by atoms with Crippen molar-refractivity contribution in [2.45, 2.75) is 37.9 Å². The highest BCUT2D eigenvalue weighted by atomic mass is 35.5. The van der Waals surface area contributed by atoms with Crippen molar-refractivity contribution >= 4 is 40.9 Å². The van der Waals surface area contributed by atoms with Gasteiger partial charge in [-0.3, -0.25) is 5.32 Å². The molecule has 2 atom stereocenters. The third-order valence-corrected chi connectivity index (χ3v) is 6.36. The average Bonchev–Trinajstić information content (AvgIpc) is 3.07. The van der Waals surface area contributed by atoms with Crippen LogP contribution in [-0.4, -0.2) is 19.4 Å². The standard InChI is InChI=1S/C22H22Cl3F3N2/c1-2-29-12-30-20-8-5-14-9-13(3-6-16(14)20)4-7-17(22(26,27)28)15-10-18(23)21(25)19(24)11-15/h3-4,6-7,9-11,17,20,29-30H,2,5,8,12H2,1H3. The molecule has 0 saturated heterocycles. The Bertz CT molecular complexity index is 905. The normalized spacial score (nSPS) is 17.5. The van der Waals surface area contributed by atoms with Crippen molar-refractivity contribution in [3.63, 3.8) is 0 Å². The molecule has 0 saturated carbocycles.